The van der Waals surface area contributed by atoms with Gasteiger partial charge in [-0.1, -0.05) is 12.8 Å². The van der Waals surface area contributed by atoms with E-state index in [4.69, 9.17) is 5.11 Å². The van der Waals surface area contributed by atoms with E-state index in [2.05, 4.69) is 0 Å². The maximum Gasteiger partial charge on any atom is 0.303 e. The molecule has 1 saturated carbocycles. The van der Waals surface area contributed by atoms with E-state index in [0.717, 1.165) is 25.7 Å². The highest BCUT2D eigenvalue weighted by atomic mass is 16.4. The van der Waals surface area contributed by atoms with Gasteiger partial charge in [0.25, 0.3) is 0 Å². The number of carbonyl (C=O) groups is 3. The summed E-state index contributed by atoms with van der Waals surface area (Å²) < 4.78 is 0. The van der Waals surface area contributed by atoms with Gasteiger partial charge in [-0.05, 0) is 18.3 Å². The molecule has 112 valence electrons. The van der Waals surface area contributed by atoms with Gasteiger partial charge in [0.2, 0.25) is 11.8 Å². The summed E-state index contributed by atoms with van der Waals surface area (Å²) >= 11 is 0. The zero-order chi connectivity index (χ0) is 14.8. The predicted molar refractivity (Wildman–Crippen MR) is 72.0 cm³/mol. The number of carbonyl (C=O) groups excluding carboxylic acids is 2. The maximum absolute atomic E-state index is 12.4. The summed E-state index contributed by atoms with van der Waals surface area (Å²) in [6.45, 7) is 1.22. The number of hydrogen-bond acceptors (Lipinski definition) is 3. The Kier molecular flexibility index (Phi) is 4.30. The smallest absolute Gasteiger partial charge is 0.303 e. The Morgan fingerprint density at radius 1 is 1.20 bits per heavy atom. The molecule has 2 fully saturated rings. The fraction of sp³-hybridized carbons (Fsp3) is 0.786. The van der Waals surface area contributed by atoms with E-state index in [-0.39, 0.29) is 31.2 Å². The Bertz CT molecular complexity index is 415. The Morgan fingerprint density at radius 2 is 1.85 bits per heavy atom. The molecule has 1 saturated heterocycles. The van der Waals surface area contributed by atoms with Crippen LogP contribution in [0.2, 0.25) is 0 Å². The molecular formula is C14H22N2O4. The van der Waals surface area contributed by atoms with Gasteiger partial charge in [-0.2, -0.15) is 0 Å². The molecule has 20 heavy (non-hydrogen) atoms. The monoisotopic (exact) mass is 282 g/mol. The van der Waals surface area contributed by atoms with Crippen LogP contribution in [0.5, 0.6) is 0 Å². The van der Waals surface area contributed by atoms with Gasteiger partial charge in [0.05, 0.1) is 13.0 Å². The molecule has 1 aliphatic heterocycles. The molecule has 0 spiro atoms. The van der Waals surface area contributed by atoms with Gasteiger partial charge in [-0.15, -0.1) is 0 Å². The van der Waals surface area contributed by atoms with Crippen LogP contribution in [0.3, 0.4) is 0 Å². The summed E-state index contributed by atoms with van der Waals surface area (Å²) in [4.78, 5) is 38.2. The van der Waals surface area contributed by atoms with E-state index in [1.165, 1.54) is 0 Å². The highest BCUT2D eigenvalue weighted by molar-refractivity contribution is 5.86. The van der Waals surface area contributed by atoms with Gasteiger partial charge in [0, 0.05) is 26.6 Å². The Labute approximate surface area is 118 Å². The molecule has 1 N–H and O–H groups in total. The summed E-state index contributed by atoms with van der Waals surface area (Å²) in [7, 11) is 1.73. The molecule has 6 nitrogen and oxygen atoms in total. The lowest BCUT2D eigenvalue weighted by Gasteiger charge is -2.35. The Hall–Kier alpha value is -1.59. The number of amides is 2. The van der Waals surface area contributed by atoms with Crippen LogP contribution >= 0.6 is 0 Å². The number of hydrogen-bond donors (Lipinski definition) is 1. The van der Waals surface area contributed by atoms with Crippen molar-refractivity contribution in [3.8, 4) is 0 Å². The van der Waals surface area contributed by atoms with Gasteiger partial charge >= 0.3 is 5.97 Å². The van der Waals surface area contributed by atoms with Gasteiger partial charge in [0.15, 0.2) is 0 Å². The van der Waals surface area contributed by atoms with E-state index in [9.17, 15) is 14.4 Å². The first-order valence-electron chi connectivity index (χ1n) is 7.15. The minimum absolute atomic E-state index is 0.0525. The molecule has 0 aromatic carbocycles. The number of carboxylic acid groups (broad SMARTS) is 1. The van der Waals surface area contributed by atoms with E-state index >= 15 is 0 Å². The molecule has 2 aliphatic rings. The van der Waals surface area contributed by atoms with Crippen LogP contribution in [0.25, 0.3) is 0 Å². The average molecular weight is 282 g/mol. The lowest BCUT2D eigenvalue weighted by Crippen LogP contribution is -2.51. The first-order chi connectivity index (χ1) is 9.42. The quantitative estimate of drug-likeness (QED) is 0.824. The molecule has 0 aromatic heterocycles. The number of carboxylic acids is 1. The van der Waals surface area contributed by atoms with Crippen LogP contribution in [0.1, 0.15) is 38.5 Å². The van der Waals surface area contributed by atoms with Crippen LogP contribution in [0.15, 0.2) is 0 Å². The van der Waals surface area contributed by atoms with Crippen molar-refractivity contribution in [3.63, 3.8) is 0 Å². The van der Waals surface area contributed by atoms with E-state index in [1.54, 1.807) is 16.8 Å². The van der Waals surface area contributed by atoms with Crippen molar-refractivity contribution >= 4 is 17.8 Å². The van der Waals surface area contributed by atoms with Gasteiger partial charge in [0.1, 0.15) is 0 Å². The molecular weight excluding hydrogens is 260 g/mol. The van der Waals surface area contributed by atoms with Crippen molar-refractivity contribution in [2.24, 2.45) is 5.41 Å². The van der Waals surface area contributed by atoms with Crippen molar-refractivity contribution < 1.29 is 19.5 Å². The molecule has 6 heteroatoms. The largest absolute Gasteiger partial charge is 0.481 e. The third kappa shape index (κ3) is 3.29. The molecule has 1 heterocycles. The summed E-state index contributed by atoms with van der Waals surface area (Å²) in [5.74, 6) is -0.966. The van der Waals surface area contributed by atoms with E-state index in [0.29, 0.717) is 13.1 Å². The molecule has 2 rings (SSSR count). The van der Waals surface area contributed by atoms with Gasteiger partial charge in [-0.3, -0.25) is 14.4 Å². The van der Waals surface area contributed by atoms with Crippen LogP contribution in [0, 0.1) is 5.41 Å². The summed E-state index contributed by atoms with van der Waals surface area (Å²) in [6.07, 6.45) is 3.89. The summed E-state index contributed by atoms with van der Waals surface area (Å²) in [6, 6.07) is 0. The molecule has 0 unspecified atom stereocenters. The first kappa shape index (κ1) is 14.8. The highest BCUT2D eigenvalue weighted by Gasteiger charge is 2.39. The third-order valence-corrected chi connectivity index (χ3v) is 4.53. The van der Waals surface area contributed by atoms with Crippen LogP contribution < -0.4 is 0 Å². The van der Waals surface area contributed by atoms with Crippen LogP contribution in [-0.4, -0.2) is 59.4 Å². The fourth-order valence-corrected chi connectivity index (χ4v) is 3.27. The minimum Gasteiger partial charge on any atom is -0.481 e. The minimum atomic E-state index is -0.839. The third-order valence-electron chi connectivity index (χ3n) is 4.53. The lowest BCUT2D eigenvalue weighted by atomic mass is 9.79. The number of aliphatic carboxylic acids is 1. The molecule has 0 atom stereocenters. The molecule has 0 aromatic rings. The fourth-order valence-electron chi connectivity index (χ4n) is 3.27. The zero-order valence-corrected chi connectivity index (χ0v) is 11.9. The second kappa shape index (κ2) is 5.81. The second-order valence-electron chi connectivity index (χ2n) is 6.08. The molecule has 0 radical (unpaired) electrons. The average Bonchev–Trinajstić information content (AvgIpc) is 2.79. The second-order valence-corrected chi connectivity index (χ2v) is 6.08. The van der Waals surface area contributed by atoms with Crippen molar-refractivity contribution in [1.29, 1.82) is 0 Å². The van der Waals surface area contributed by atoms with Crippen molar-refractivity contribution in [3.05, 3.63) is 0 Å². The molecule has 1 aliphatic carbocycles. The van der Waals surface area contributed by atoms with Crippen molar-refractivity contribution in [2.45, 2.75) is 38.5 Å². The number of rotatable bonds is 4. The van der Waals surface area contributed by atoms with Crippen molar-refractivity contribution in [2.75, 3.05) is 26.7 Å². The van der Waals surface area contributed by atoms with Gasteiger partial charge in [-0.25, -0.2) is 0 Å². The van der Waals surface area contributed by atoms with Crippen LogP contribution in [-0.2, 0) is 14.4 Å². The maximum atomic E-state index is 12.4. The first-order valence-corrected chi connectivity index (χ1v) is 7.15. The van der Waals surface area contributed by atoms with E-state index < -0.39 is 11.4 Å². The zero-order valence-electron chi connectivity index (χ0n) is 11.9. The lowest BCUT2D eigenvalue weighted by molar-refractivity contribution is -0.147. The van der Waals surface area contributed by atoms with E-state index in [1.807, 2.05) is 0 Å². The molecule has 0 bridgehead atoms. The van der Waals surface area contributed by atoms with Gasteiger partial charge < -0.3 is 14.9 Å². The Morgan fingerprint density at radius 3 is 2.40 bits per heavy atom. The number of nitrogens with zero attached hydrogens (tertiary/aromatic N) is 2. The number of likely N-dealkylation sites (N-methyl/N-ethyl adjacent to an activating group) is 1. The standard InChI is InChI=1S/C14H22N2O4/c1-15-6-7-16(10-12(15)18)11(17)8-14(9-13(19)20)4-2-3-5-14/h2-10H2,1H3,(H,19,20). The molecule has 2 amide bonds. The SMILES string of the molecule is CN1CCN(C(=O)CC2(CC(=O)O)CCCC2)CC1=O. The summed E-state index contributed by atoms with van der Waals surface area (Å²) in [5.41, 5.74) is -0.394. The van der Waals surface area contributed by atoms with Crippen molar-refractivity contribution in [1.82, 2.24) is 9.80 Å². The highest BCUT2D eigenvalue weighted by Crippen LogP contribution is 2.44. The topological polar surface area (TPSA) is 77.9 Å². The number of piperazine rings is 1. The normalized spacial score (nSPS) is 22.1. The predicted octanol–water partition coefficient (Wildman–Crippen LogP) is 0.712. The Balaban J connectivity index is 1.98. The summed E-state index contributed by atoms with van der Waals surface area (Å²) in [5, 5.41) is 9.05. The van der Waals surface area contributed by atoms with Crippen LogP contribution in [0.4, 0.5) is 0 Å².